The molecule has 1 aliphatic heterocycles. The van der Waals surface area contributed by atoms with Gasteiger partial charge in [-0.05, 0) is 37.1 Å². The van der Waals surface area contributed by atoms with Gasteiger partial charge < -0.3 is 20.3 Å². The zero-order valence-corrected chi connectivity index (χ0v) is 14.4. The molecule has 0 spiro atoms. The molecule has 1 aliphatic rings. The van der Waals surface area contributed by atoms with Gasteiger partial charge in [0.25, 0.3) is 5.91 Å². The summed E-state index contributed by atoms with van der Waals surface area (Å²) in [5.41, 5.74) is 2.18. The van der Waals surface area contributed by atoms with Crippen LogP contribution in [0.4, 0.5) is 5.82 Å². The highest BCUT2D eigenvalue weighted by Gasteiger charge is 2.25. The summed E-state index contributed by atoms with van der Waals surface area (Å²) in [6, 6.07) is 13.2. The van der Waals surface area contributed by atoms with Crippen molar-refractivity contribution >= 4 is 22.8 Å². The van der Waals surface area contributed by atoms with E-state index in [9.17, 15) is 9.90 Å². The fraction of sp³-hybridized carbons (Fsp3) is 0.316. The van der Waals surface area contributed by atoms with Crippen LogP contribution < -0.4 is 10.2 Å². The minimum absolute atomic E-state index is 0.0800. The van der Waals surface area contributed by atoms with E-state index >= 15 is 0 Å². The number of hydrogen-bond donors (Lipinski definition) is 3. The monoisotopic (exact) mass is 351 g/mol. The minimum Gasteiger partial charge on any atom is -0.394 e. The number of nitrogens with one attached hydrogen (secondary N) is 2. The van der Waals surface area contributed by atoms with Crippen molar-refractivity contribution in [3.8, 4) is 0 Å². The number of carbonyl (C=O) groups is 1. The van der Waals surface area contributed by atoms with Gasteiger partial charge >= 0.3 is 0 Å². The Morgan fingerprint density at radius 1 is 1.23 bits per heavy atom. The first kappa shape index (κ1) is 16.5. The molecule has 3 aromatic rings. The summed E-state index contributed by atoms with van der Waals surface area (Å²) >= 11 is 0. The van der Waals surface area contributed by atoms with Gasteiger partial charge in [0.1, 0.15) is 17.3 Å². The van der Waals surface area contributed by atoms with Crippen molar-refractivity contribution in [1.82, 2.24) is 20.3 Å². The third-order valence-corrected chi connectivity index (χ3v) is 4.70. The third kappa shape index (κ3) is 3.25. The van der Waals surface area contributed by atoms with Crippen molar-refractivity contribution in [1.29, 1.82) is 0 Å². The molecule has 1 aromatic carbocycles. The average Bonchev–Trinajstić information content (AvgIpc) is 3.32. The highest BCUT2D eigenvalue weighted by atomic mass is 16.3. The fourth-order valence-corrected chi connectivity index (χ4v) is 3.38. The molecule has 1 unspecified atom stereocenters. The molecule has 3 heterocycles. The molecule has 7 nitrogen and oxygen atoms in total. The normalized spacial score (nSPS) is 17.0. The summed E-state index contributed by atoms with van der Waals surface area (Å²) in [6.45, 7) is 1.26. The topological polar surface area (TPSA) is 94.1 Å². The van der Waals surface area contributed by atoms with E-state index in [1.165, 1.54) is 0 Å². The number of nitrogens with zero attached hydrogens (tertiary/aromatic N) is 3. The number of benzene rings is 1. The largest absolute Gasteiger partial charge is 0.394 e. The number of H-pyrrole nitrogens is 1. The Balaban J connectivity index is 1.45. The number of aromatic amines is 1. The first-order chi connectivity index (χ1) is 12.7. The van der Waals surface area contributed by atoms with E-state index in [2.05, 4.69) is 25.2 Å². The Bertz CT molecular complexity index is 890. The predicted molar refractivity (Wildman–Crippen MR) is 99.0 cm³/mol. The number of hydrogen-bond acceptors (Lipinski definition) is 5. The van der Waals surface area contributed by atoms with Crippen LogP contribution in [0.15, 0.2) is 42.5 Å². The molecule has 1 saturated heterocycles. The first-order valence-electron chi connectivity index (χ1n) is 8.81. The number of anilines is 1. The molecule has 0 bridgehead atoms. The van der Waals surface area contributed by atoms with Crippen molar-refractivity contribution < 1.29 is 9.90 Å². The van der Waals surface area contributed by atoms with Crippen LogP contribution in [0.3, 0.4) is 0 Å². The molecular formula is C19H21N5O2. The molecule has 2 aromatic heterocycles. The molecule has 0 radical (unpaired) electrons. The van der Waals surface area contributed by atoms with E-state index in [-0.39, 0.29) is 18.6 Å². The summed E-state index contributed by atoms with van der Waals surface area (Å²) in [4.78, 5) is 26.7. The van der Waals surface area contributed by atoms with Crippen molar-refractivity contribution in [2.75, 3.05) is 18.1 Å². The summed E-state index contributed by atoms with van der Waals surface area (Å²) in [6.07, 6.45) is 1.97. The molecule has 0 aliphatic carbocycles. The first-order valence-corrected chi connectivity index (χ1v) is 8.81. The summed E-state index contributed by atoms with van der Waals surface area (Å²) in [5.74, 6) is 1.19. The van der Waals surface area contributed by atoms with Gasteiger partial charge in [-0.25, -0.2) is 9.97 Å². The highest BCUT2D eigenvalue weighted by Crippen LogP contribution is 2.23. The van der Waals surface area contributed by atoms with Crippen LogP contribution in [0.5, 0.6) is 0 Å². The second-order valence-corrected chi connectivity index (χ2v) is 6.44. The number of aliphatic hydroxyl groups is 1. The third-order valence-electron chi connectivity index (χ3n) is 4.70. The SMILES string of the molecule is O=C(NCc1nc2ccccc2[nH]1)c1cccc(N2CCCC2CO)n1. The second-order valence-electron chi connectivity index (χ2n) is 6.44. The van der Waals surface area contributed by atoms with Crippen LogP contribution in [0.25, 0.3) is 11.0 Å². The van der Waals surface area contributed by atoms with Crippen LogP contribution in [0.2, 0.25) is 0 Å². The quantitative estimate of drug-likeness (QED) is 0.652. The maximum Gasteiger partial charge on any atom is 0.270 e. The number of fused-ring (bicyclic) bond motifs is 1. The number of carbonyl (C=O) groups excluding carboxylic acids is 1. The standard InChI is InChI=1S/C19H21N5O2/c25-12-13-5-4-10-24(13)18-9-3-8-16(23-18)19(26)20-11-17-21-14-6-1-2-7-15(14)22-17/h1-3,6-9,13,25H,4-5,10-12H2,(H,20,26)(H,21,22). The van der Waals surface area contributed by atoms with Gasteiger partial charge in [-0.15, -0.1) is 0 Å². The Labute approximate surface area is 151 Å². The minimum atomic E-state index is -0.243. The van der Waals surface area contributed by atoms with Crippen molar-refractivity contribution in [2.45, 2.75) is 25.4 Å². The number of aliphatic hydroxyl groups excluding tert-OH is 1. The van der Waals surface area contributed by atoms with E-state index in [4.69, 9.17) is 0 Å². The summed E-state index contributed by atoms with van der Waals surface area (Å²) in [7, 11) is 0. The van der Waals surface area contributed by atoms with Gasteiger partial charge in [0.2, 0.25) is 0 Å². The van der Waals surface area contributed by atoms with E-state index in [0.717, 1.165) is 36.2 Å². The molecule has 4 rings (SSSR count). The second kappa shape index (κ2) is 7.13. The lowest BCUT2D eigenvalue weighted by molar-refractivity contribution is 0.0945. The van der Waals surface area contributed by atoms with Crippen molar-refractivity contribution in [3.05, 3.63) is 54.0 Å². The smallest absolute Gasteiger partial charge is 0.270 e. The average molecular weight is 351 g/mol. The molecule has 1 fully saturated rings. The molecule has 7 heteroatoms. The molecule has 1 amide bonds. The van der Waals surface area contributed by atoms with Crippen molar-refractivity contribution in [3.63, 3.8) is 0 Å². The van der Waals surface area contributed by atoms with Crippen LogP contribution in [0.1, 0.15) is 29.2 Å². The number of para-hydroxylation sites is 2. The van der Waals surface area contributed by atoms with Crippen LogP contribution in [-0.4, -0.2) is 45.2 Å². The lowest BCUT2D eigenvalue weighted by Crippen LogP contribution is -2.33. The predicted octanol–water partition coefficient (Wildman–Crippen LogP) is 1.85. The van der Waals surface area contributed by atoms with E-state index in [1.807, 2.05) is 36.4 Å². The van der Waals surface area contributed by atoms with E-state index in [0.29, 0.717) is 18.1 Å². The summed E-state index contributed by atoms with van der Waals surface area (Å²) in [5, 5.41) is 12.3. The Hall–Kier alpha value is -2.93. The molecule has 26 heavy (non-hydrogen) atoms. The number of aromatic nitrogens is 3. The van der Waals surface area contributed by atoms with Crippen LogP contribution >= 0.6 is 0 Å². The molecule has 3 N–H and O–H groups in total. The molecule has 0 saturated carbocycles. The number of rotatable bonds is 5. The summed E-state index contributed by atoms with van der Waals surface area (Å²) < 4.78 is 0. The lowest BCUT2D eigenvalue weighted by atomic mass is 10.2. The van der Waals surface area contributed by atoms with Gasteiger partial charge in [-0.1, -0.05) is 18.2 Å². The van der Waals surface area contributed by atoms with Crippen LogP contribution in [0, 0.1) is 0 Å². The van der Waals surface area contributed by atoms with Gasteiger partial charge in [0.15, 0.2) is 0 Å². The zero-order chi connectivity index (χ0) is 17.9. The number of pyridine rings is 1. The maximum absolute atomic E-state index is 12.5. The lowest BCUT2D eigenvalue weighted by Gasteiger charge is -2.24. The van der Waals surface area contributed by atoms with Gasteiger partial charge in [-0.2, -0.15) is 0 Å². The van der Waals surface area contributed by atoms with Gasteiger partial charge in [0.05, 0.1) is 30.2 Å². The molecule has 1 atom stereocenters. The fourth-order valence-electron chi connectivity index (χ4n) is 3.38. The molecular weight excluding hydrogens is 330 g/mol. The molecule has 134 valence electrons. The maximum atomic E-state index is 12.5. The van der Waals surface area contributed by atoms with Crippen molar-refractivity contribution in [2.24, 2.45) is 0 Å². The Kier molecular flexibility index (Phi) is 4.53. The zero-order valence-electron chi connectivity index (χ0n) is 14.4. The van der Waals surface area contributed by atoms with Crippen LogP contribution in [-0.2, 0) is 6.54 Å². The van der Waals surface area contributed by atoms with Gasteiger partial charge in [0, 0.05) is 6.54 Å². The van der Waals surface area contributed by atoms with Gasteiger partial charge in [-0.3, -0.25) is 4.79 Å². The Morgan fingerprint density at radius 3 is 2.96 bits per heavy atom. The number of imidazole rings is 1. The van der Waals surface area contributed by atoms with E-state index < -0.39 is 0 Å². The number of amides is 1. The Morgan fingerprint density at radius 2 is 2.12 bits per heavy atom. The highest BCUT2D eigenvalue weighted by molar-refractivity contribution is 5.92. The van der Waals surface area contributed by atoms with E-state index in [1.54, 1.807) is 6.07 Å².